The zero-order valence-corrected chi connectivity index (χ0v) is 16.4. The van der Waals surface area contributed by atoms with Gasteiger partial charge < -0.3 is 15.4 Å². The van der Waals surface area contributed by atoms with Gasteiger partial charge in [0, 0.05) is 17.3 Å². The van der Waals surface area contributed by atoms with Gasteiger partial charge in [-0.15, -0.1) is 0 Å². The SMILES string of the molecule is CCCOc1ccccc1C(=O)Nc1cccc(NC(=O)C2CCCCC2)c1. The summed E-state index contributed by atoms with van der Waals surface area (Å²) in [5.74, 6) is 0.502. The van der Waals surface area contributed by atoms with Gasteiger partial charge in [0.1, 0.15) is 5.75 Å². The molecule has 0 saturated heterocycles. The third kappa shape index (κ3) is 5.35. The van der Waals surface area contributed by atoms with E-state index in [1.54, 1.807) is 18.2 Å². The summed E-state index contributed by atoms with van der Waals surface area (Å²) in [6, 6.07) is 14.5. The molecule has 3 rings (SSSR count). The molecule has 1 aliphatic carbocycles. The fourth-order valence-electron chi connectivity index (χ4n) is 3.47. The molecule has 2 amide bonds. The third-order valence-electron chi connectivity index (χ3n) is 4.96. The second-order valence-corrected chi connectivity index (χ2v) is 7.20. The molecule has 1 saturated carbocycles. The van der Waals surface area contributed by atoms with Crippen LogP contribution in [-0.4, -0.2) is 18.4 Å². The highest BCUT2D eigenvalue weighted by Gasteiger charge is 2.21. The average molecular weight is 380 g/mol. The first-order valence-electron chi connectivity index (χ1n) is 10.1. The third-order valence-corrected chi connectivity index (χ3v) is 4.96. The quantitative estimate of drug-likeness (QED) is 0.690. The molecule has 0 radical (unpaired) electrons. The van der Waals surface area contributed by atoms with Gasteiger partial charge >= 0.3 is 0 Å². The van der Waals surface area contributed by atoms with Crippen molar-refractivity contribution in [3.8, 4) is 5.75 Å². The van der Waals surface area contributed by atoms with E-state index in [1.807, 2.05) is 37.3 Å². The first-order chi connectivity index (χ1) is 13.7. The van der Waals surface area contributed by atoms with Gasteiger partial charge in [-0.3, -0.25) is 9.59 Å². The summed E-state index contributed by atoms with van der Waals surface area (Å²) in [6.07, 6.45) is 6.24. The number of carbonyl (C=O) groups excluding carboxylic acids is 2. The summed E-state index contributed by atoms with van der Waals surface area (Å²) in [4.78, 5) is 25.2. The maximum Gasteiger partial charge on any atom is 0.259 e. The number of nitrogens with one attached hydrogen (secondary N) is 2. The van der Waals surface area contributed by atoms with Crippen molar-refractivity contribution in [3.05, 3.63) is 54.1 Å². The number of hydrogen-bond acceptors (Lipinski definition) is 3. The lowest BCUT2D eigenvalue weighted by Gasteiger charge is -2.21. The average Bonchev–Trinajstić information content (AvgIpc) is 2.73. The van der Waals surface area contributed by atoms with E-state index in [9.17, 15) is 9.59 Å². The molecule has 0 aromatic heterocycles. The fraction of sp³-hybridized carbons (Fsp3) is 0.391. The highest BCUT2D eigenvalue weighted by atomic mass is 16.5. The zero-order valence-electron chi connectivity index (χ0n) is 16.4. The van der Waals surface area contributed by atoms with Crippen LogP contribution in [-0.2, 0) is 4.79 Å². The number of benzene rings is 2. The molecule has 0 unspecified atom stereocenters. The predicted molar refractivity (Wildman–Crippen MR) is 112 cm³/mol. The van der Waals surface area contributed by atoms with Crippen molar-refractivity contribution in [1.82, 2.24) is 0 Å². The van der Waals surface area contributed by atoms with Crippen LogP contribution in [0, 0.1) is 5.92 Å². The fourth-order valence-corrected chi connectivity index (χ4v) is 3.47. The minimum Gasteiger partial charge on any atom is -0.493 e. The molecule has 0 atom stereocenters. The molecular formula is C23H28N2O3. The number of hydrogen-bond donors (Lipinski definition) is 2. The molecule has 5 heteroatoms. The molecular weight excluding hydrogens is 352 g/mol. The summed E-state index contributed by atoms with van der Waals surface area (Å²) in [5, 5.41) is 5.89. The van der Waals surface area contributed by atoms with Crippen LogP contribution in [0.25, 0.3) is 0 Å². The Morgan fingerprint density at radius 3 is 2.43 bits per heavy atom. The first kappa shape index (κ1) is 19.9. The molecule has 0 bridgehead atoms. The Hall–Kier alpha value is -2.82. The van der Waals surface area contributed by atoms with Crippen LogP contribution in [0.5, 0.6) is 5.75 Å². The predicted octanol–water partition coefficient (Wildman–Crippen LogP) is 5.25. The standard InChI is InChI=1S/C23H28N2O3/c1-2-15-28-21-14-7-6-13-20(21)23(27)25-19-12-8-11-18(16-19)24-22(26)17-9-4-3-5-10-17/h6-8,11-14,16-17H,2-5,9-10,15H2,1H3,(H,24,26)(H,25,27). The van der Waals surface area contributed by atoms with Gasteiger partial charge in [0.15, 0.2) is 0 Å². The normalized spacial score (nSPS) is 14.3. The van der Waals surface area contributed by atoms with Gasteiger partial charge in [0.05, 0.1) is 12.2 Å². The van der Waals surface area contributed by atoms with Crippen molar-refractivity contribution in [1.29, 1.82) is 0 Å². The number of amides is 2. The highest BCUT2D eigenvalue weighted by molar-refractivity contribution is 6.06. The second-order valence-electron chi connectivity index (χ2n) is 7.20. The van der Waals surface area contributed by atoms with Gasteiger partial charge in [0.2, 0.25) is 5.91 Å². The molecule has 1 aliphatic rings. The van der Waals surface area contributed by atoms with Crippen molar-refractivity contribution >= 4 is 23.2 Å². The molecule has 1 fully saturated rings. The van der Waals surface area contributed by atoms with Crippen LogP contribution in [0.15, 0.2) is 48.5 Å². The molecule has 5 nitrogen and oxygen atoms in total. The number of anilines is 2. The van der Waals surface area contributed by atoms with Crippen molar-refractivity contribution < 1.29 is 14.3 Å². The van der Waals surface area contributed by atoms with E-state index in [0.29, 0.717) is 29.3 Å². The van der Waals surface area contributed by atoms with E-state index in [0.717, 1.165) is 32.1 Å². The molecule has 2 aromatic rings. The van der Waals surface area contributed by atoms with Gasteiger partial charge in [-0.2, -0.15) is 0 Å². The first-order valence-corrected chi connectivity index (χ1v) is 10.1. The second kappa shape index (κ2) is 9.93. The topological polar surface area (TPSA) is 67.4 Å². The zero-order chi connectivity index (χ0) is 19.8. The summed E-state index contributed by atoms with van der Waals surface area (Å²) in [7, 11) is 0. The van der Waals surface area contributed by atoms with E-state index in [-0.39, 0.29) is 17.7 Å². The Bertz CT molecular complexity index is 813. The maximum absolute atomic E-state index is 12.7. The summed E-state index contributed by atoms with van der Waals surface area (Å²) < 4.78 is 5.67. The summed E-state index contributed by atoms with van der Waals surface area (Å²) in [6.45, 7) is 2.59. The lowest BCUT2D eigenvalue weighted by atomic mass is 9.88. The van der Waals surface area contributed by atoms with E-state index in [4.69, 9.17) is 4.74 Å². The Morgan fingerprint density at radius 2 is 1.68 bits per heavy atom. The number of rotatable bonds is 7. The van der Waals surface area contributed by atoms with Gasteiger partial charge in [-0.25, -0.2) is 0 Å². The molecule has 2 N–H and O–H groups in total. The van der Waals surface area contributed by atoms with Crippen LogP contribution < -0.4 is 15.4 Å². The van der Waals surface area contributed by atoms with Crippen LogP contribution >= 0.6 is 0 Å². The van der Waals surface area contributed by atoms with Crippen molar-refractivity contribution in [3.63, 3.8) is 0 Å². The number of para-hydroxylation sites is 1. The number of ether oxygens (including phenoxy) is 1. The van der Waals surface area contributed by atoms with Crippen LogP contribution in [0.2, 0.25) is 0 Å². The highest BCUT2D eigenvalue weighted by Crippen LogP contribution is 2.26. The van der Waals surface area contributed by atoms with E-state index < -0.39 is 0 Å². The van der Waals surface area contributed by atoms with Crippen molar-refractivity contribution in [2.75, 3.05) is 17.2 Å². The minimum atomic E-state index is -0.234. The van der Waals surface area contributed by atoms with E-state index in [1.165, 1.54) is 6.42 Å². The van der Waals surface area contributed by atoms with Gasteiger partial charge in [-0.05, 0) is 49.6 Å². The molecule has 28 heavy (non-hydrogen) atoms. The molecule has 0 spiro atoms. The van der Waals surface area contributed by atoms with Crippen LogP contribution in [0.3, 0.4) is 0 Å². The summed E-state index contributed by atoms with van der Waals surface area (Å²) >= 11 is 0. The Morgan fingerprint density at radius 1 is 0.964 bits per heavy atom. The largest absolute Gasteiger partial charge is 0.493 e. The molecule has 0 heterocycles. The Balaban J connectivity index is 1.66. The van der Waals surface area contributed by atoms with Gasteiger partial charge in [-0.1, -0.05) is 44.4 Å². The smallest absolute Gasteiger partial charge is 0.259 e. The van der Waals surface area contributed by atoms with Gasteiger partial charge in [0.25, 0.3) is 5.91 Å². The Kier molecular flexibility index (Phi) is 7.06. The monoisotopic (exact) mass is 380 g/mol. The summed E-state index contributed by atoms with van der Waals surface area (Å²) in [5.41, 5.74) is 1.83. The Labute approximate surface area is 166 Å². The van der Waals surface area contributed by atoms with E-state index >= 15 is 0 Å². The molecule has 148 valence electrons. The lowest BCUT2D eigenvalue weighted by molar-refractivity contribution is -0.120. The van der Waals surface area contributed by atoms with Crippen LogP contribution in [0.1, 0.15) is 55.8 Å². The molecule has 0 aliphatic heterocycles. The maximum atomic E-state index is 12.7. The molecule has 2 aromatic carbocycles. The van der Waals surface area contributed by atoms with E-state index in [2.05, 4.69) is 10.6 Å². The lowest BCUT2D eigenvalue weighted by Crippen LogP contribution is -2.24. The minimum absolute atomic E-state index is 0.0708. The van der Waals surface area contributed by atoms with Crippen LogP contribution in [0.4, 0.5) is 11.4 Å². The number of carbonyl (C=O) groups is 2. The van der Waals surface area contributed by atoms with Crippen molar-refractivity contribution in [2.24, 2.45) is 5.92 Å². The van der Waals surface area contributed by atoms with Crippen molar-refractivity contribution in [2.45, 2.75) is 45.4 Å².